The molecule has 42 heavy (non-hydrogen) atoms. The van der Waals surface area contributed by atoms with Crippen LogP contribution in [-0.2, 0) is 32.6 Å². The van der Waals surface area contributed by atoms with E-state index in [0.717, 1.165) is 15.4 Å². The van der Waals surface area contributed by atoms with Crippen LogP contribution in [0.2, 0.25) is 10.0 Å². The Morgan fingerprint density at radius 2 is 1.45 bits per heavy atom. The summed E-state index contributed by atoms with van der Waals surface area (Å²) in [7, 11) is -2.68. The van der Waals surface area contributed by atoms with Gasteiger partial charge < -0.3 is 10.2 Å². The lowest BCUT2D eigenvalue weighted by atomic mass is 10.0. The molecule has 0 saturated heterocycles. The van der Waals surface area contributed by atoms with Gasteiger partial charge in [-0.05, 0) is 66.6 Å². The van der Waals surface area contributed by atoms with E-state index in [9.17, 15) is 18.0 Å². The molecule has 0 heterocycles. The maximum atomic E-state index is 14.2. The Morgan fingerprint density at radius 3 is 2.07 bits per heavy atom. The van der Waals surface area contributed by atoms with Gasteiger partial charge in [0, 0.05) is 30.1 Å². The molecule has 0 aliphatic carbocycles. The molecule has 4 aromatic carbocycles. The quantitative estimate of drug-likeness (QED) is 0.226. The number of nitrogens with zero attached hydrogens (tertiary/aromatic N) is 2. The van der Waals surface area contributed by atoms with E-state index in [2.05, 4.69) is 5.32 Å². The zero-order valence-corrected chi connectivity index (χ0v) is 25.5. The Balaban J connectivity index is 1.78. The number of halogens is 2. The van der Waals surface area contributed by atoms with E-state index in [1.807, 2.05) is 37.3 Å². The van der Waals surface area contributed by atoms with Crippen molar-refractivity contribution in [1.29, 1.82) is 0 Å². The molecule has 10 heteroatoms. The smallest absolute Gasteiger partial charge is 0.264 e. The summed E-state index contributed by atoms with van der Waals surface area (Å²) in [5.41, 5.74) is 2.69. The second-order valence-electron chi connectivity index (χ2n) is 9.77. The predicted octanol–water partition coefficient (Wildman–Crippen LogP) is 5.88. The van der Waals surface area contributed by atoms with Gasteiger partial charge in [0.1, 0.15) is 12.6 Å². The van der Waals surface area contributed by atoms with Crippen LogP contribution < -0.4 is 9.62 Å². The number of anilines is 1. The van der Waals surface area contributed by atoms with E-state index in [4.69, 9.17) is 23.2 Å². The first-order chi connectivity index (χ1) is 20.1. The minimum atomic E-state index is -4.18. The molecule has 0 fully saturated rings. The van der Waals surface area contributed by atoms with Crippen molar-refractivity contribution in [2.45, 2.75) is 30.8 Å². The molecule has 0 aliphatic rings. The molecule has 0 aliphatic heterocycles. The van der Waals surface area contributed by atoms with Crippen molar-refractivity contribution in [3.8, 4) is 0 Å². The molecule has 0 bridgehead atoms. The molecular formula is C32H31Cl2N3O4S. The summed E-state index contributed by atoms with van der Waals surface area (Å²) in [5.74, 6) is -0.946. The molecule has 0 radical (unpaired) electrons. The summed E-state index contributed by atoms with van der Waals surface area (Å²) in [5, 5.41) is 3.56. The van der Waals surface area contributed by atoms with Crippen molar-refractivity contribution in [3.63, 3.8) is 0 Å². The highest BCUT2D eigenvalue weighted by Crippen LogP contribution is 2.27. The lowest BCUT2D eigenvalue weighted by Crippen LogP contribution is -2.53. The van der Waals surface area contributed by atoms with Gasteiger partial charge in [-0.2, -0.15) is 0 Å². The van der Waals surface area contributed by atoms with E-state index >= 15 is 0 Å². The molecule has 0 saturated carbocycles. The number of amides is 2. The van der Waals surface area contributed by atoms with Crippen molar-refractivity contribution in [1.82, 2.24) is 10.2 Å². The van der Waals surface area contributed by atoms with Crippen molar-refractivity contribution in [2.24, 2.45) is 0 Å². The van der Waals surface area contributed by atoms with Gasteiger partial charge in [0.15, 0.2) is 0 Å². The number of benzene rings is 4. The van der Waals surface area contributed by atoms with Gasteiger partial charge in [0.05, 0.1) is 10.6 Å². The van der Waals surface area contributed by atoms with Crippen molar-refractivity contribution >= 4 is 50.7 Å². The van der Waals surface area contributed by atoms with Gasteiger partial charge in [-0.15, -0.1) is 0 Å². The lowest BCUT2D eigenvalue weighted by Gasteiger charge is -2.33. The zero-order valence-electron chi connectivity index (χ0n) is 23.2. The minimum Gasteiger partial charge on any atom is -0.357 e. The van der Waals surface area contributed by atoms with Gasteiger partial charge in [-0.3, -0.25) is 13.9 Å². The van der Waals surface area contributed by atoms with Crippen LogP contribution in [0.5, 0.6) is 0 Å². The molecule has 0 spiro atoms. The number of nitrogens with one attached hydrogen (secondary N) is 1. The van der Waals surface area contributed by atoms with Crippen LogP contribution in [-0.4, -0.2) is 44.8 Å². The van der Waals surface area contributed by atoms with Gasteiger partial charge in [-0.25, -0.2) is 8.42 Å². The fourth-order valence-electron chi connectivity index (χ4n) is 4.53. The molecular weight excluding hydrogens is 593 g/mol. The third-order valence-electron chi connectivity index (χ3n) is 6.76. The molecule has 0 unspecified atom stereocenters. The van der Waals surface area contributed by atoms with Gasteiger partial charge in [0.25, 0.3) is 10.0 Å². The number of sulfonamides is 1. The van der Waals surface area contributed by atoms with Crippen LogP contribution in [0.1, 0.15) is 16.7 Å². The number of likely N-dealkylation sites (N-methyl/N-ethyl adjacent to an activating group) is 1. The van der Waals surface area contributed by atoms with Crippen LogP contribution in [0.15, 0.2) is 108 Å². The molecule has 0 aromatic heterocycles. The maximum absolute atomic E-state index is 14.2. The van der Waals surface area contributed by atoms with Crippen molar-refractivity contribution < 1.29 is 18.0 Å². The van der Waals surface area contributed by atoms with E-state index in [1.165, 1.54) is 24.1 Å². The van der Waals surface area contributed by atoms with Gasteiger partial charge >= 0.3 is 0 Å². The molecule has 4 aromatic rings. The van der Waals surface area contributed by atoms with E-state index in [1.54, 1.807) is 60.7 Å². The summed E-state index contributed by atoms with van der Waals surface area (Å²) < 4.78 is 29.0. The van der Waals surface area contributed by atoms with Crippen molar-refractivity contribution in [2.75, 3.05) is 17.9 Å². The normalized spacial score (nSPS) is 11.9. The minimum absolute atomic E-state index is 0.0311. The highest BCUT2D eigenvalue weighted by Gasteiger charge is 2.34. The number of rotatable bonds is 11. The van der Waals surface area contributed by atoms with Crippen LogP contribution >= 0.6 is 23.2 Å². The zero-order chi connectivity index (χ0) is 30.3. The number of hydrogen-bond donors (Lipinski definition) is 1. The Bertz CT molecular complexity index is 1630. The number of carbonyl (C=O) groups excluding carboxylic acids is 2. The topological polar surface area (TPSA) is 86.8 Å². The standard InChI is InChI=1S/C32H31Cl2N3O4S/c1-23-11-17-29(18-12-23)42(40,41)37(28-15-13-26(33)14-16-28)22-31(38)36(21-25-9-6-10-27(34)19-25)30(32(39)35-2)20-24-7-4-3-5-8-24/h3-19,30H,20-22H2,1-2H3,(H,35,39)/t30-/m1/s1. The number of aryl methyl sites for hydroxylation is 1. The summed E-state index contributed by atoms with van der Waals surface area (Å²) in [4.78, 5) is 29.0. The molecule has 218 valence electrons. The second-order valence-corrected chi connectivity index (χ2v) is 12.5. The van der Waals surface area contributed by atoms with Crippen LogP contribution in [0.4, 0.5) is 5.69 Å². The van der Waals surface area contributed by atoms with Crippen LogP contribution in [0.3, 0.4) is 0 Å². The summed E-state index contributed by atoms with van der Waals surface area (Å²) in [6.45, 7) is 1.33. The van der Waals surface area contributed by atoms with Gasteiger partial charge in [0.2, 0.25) is 11.8 Å². The Labute approximate surface area is 256 Å². The molecule has 1 atom stereocenters. The highest BCUT2D eigenvalue weighted by atomic mass is 35.5. The fraction of sp³-hybridized carbons (Fsp3) is 0.188. The lowest BCUT2D eigenvalue weighted by molar-refractivity contribution is -0.139. The van der Waals surface area contributed by atoms with Gasteiger partial charge in [-0.1, -0.05) is 83.4 Å². The molecule has 1 N–H and O–H groups in total. The summed E-state index contributed by atoms with van der Waals surface area (Å²) in [6, 6.07) is 28.0. The molecule has 7 nitrogen and oxygen atoms in total. The molecule has 2 amide bonds. The average Bonchev–Trinajstić information content (AvgIpc) is 2.98. The Morgan fingerprint density at radius 1 is 0.810 bits per heavy atom. The molecule has 4 rings (SSSR count). The Hall–Kier alpha value is -3.85. The SMILES string of the molecule is CNC(=O)[C@@H](Cc1ccccc1)N(Cc1cccc(Cl)c1)C(=O)CN(c1ccc(Cl)cc1)S(=O)(=O)c1ccc(C)cc1. The van der Waals surface area contributed by atoms with Crippen LogP contribution in [0.25, 0.3) is 0 Å². The van der Waals surface area contributed by atoms with Crippen molar-refractivity contribution in [3.05, 3.63) is 130 Å². The summed E-state index contributed by atoms with van der Waals surface area (Å²) in [6.07, 6.45) is 0.221. The predicted molar refractivity (Wildman–Crippen MR) is 167 cm³/mol. The maximum Gasteiger partial charge on any atom is 0.264 e. The summed E-state index contributed by atoms with van der Waals surface area (Å²) >= 11 is 12.3. The first-order valence-corrected chi connectivity index (χ1v) is 15.4. The third-order valence-corrected chi connectivity index (χ3v) is 9.04. The highest BCUT2D eigenvalue weighted by molar-refractivity contribution is 7.92. The second kappa shape index (κ2) is 13.9. The fourth-order valence-corrected chi connectivity index (χ4v) is 6.28. The first kappa shape index (κ1) is 31.1. The first-order valence-electron chi connectivity index (χ1n) is 13.2. The Kier molecular flexibility index (Phi) is 10.3. The average molecular weight is 625 g/mol. The largest absolute Gasteiger partial charge is 0.357 e. The van der Waals surface area contributed by atoms with E-state index < -0.39 is 28.5 Å². The third kappa shape index (κ3) is 7.70. The van der Waals surface area contributed by atoms with E-state index in [0.29, 0.717) is 15.6 Å². The monoisotopic (exact) mass is 623 g/mol. The van der Waals surface area contributed by atoms with Crippen LogP contribution in [0, 0.1) is 6.92 Å². The number of hydrogen-bond acceptors (Lipinski definition) is 4. The van der Waals surface area contributed by atoms with E-state index in [-0.39, 0.29) is 29.5 Å². The number of carbonyl (C=O) groups is 2.